The first-order chi connectivity index (χ1) is 13.3. The minimum Gasteiger partial charge on any atom is -0.302 e. The molecule has 0 spiro atoms. The van der Waals surface area contributed by atoms with Crippen LogP contribution < -0.4 is 0 Å². The van der Waals surface area contributed by atoms with Crippen LogP contribution in [0.5, 0.6) is 0 Å². The van der Waals surface area contributed by atoms with Crippen molar-refractivity contribution < 1.29 is 18.0 Å². The molecule has 0 aliphatic rings. The predicted molar refractivity (Wildman–Crippen MR) is 97.6 cm³/mol. The minimum absolute atomic E-state index is 0.0542. The topological polar surface area (TPSA) is 84.5 Å². The number of rotatable bonds is 6. The Morgan fingerprint density at radius 1 is 1.32 bits per heavy atom. The molecule has 2 aromatic heterocycles. The summed E-state index contributed by atoms with van der Waals surface area (Å²) in [5.74, 6) is -2.92. The fraction of sp³-hybridized carbons (Fsp3) is 0.235. The van der Waals surface area contributed by atoms with Gasteiger partial charge >= 0.3 is 6.18 Å². The van der Waals surface area contributed by atoms with Crippen LogP contribution in [0.25, 0.3) is 11.3 Å². The van der Waals surface area contributed by atoms with Crippen LogP contribution in [-0.2, 0) is 18.0 Å². The number of nitrogens with zero attached hydrogens (tertiary/aromatic N) is 5. The third-order valence-electron chi connectivity index (χ3n) is 3.72. The van der Waals surface area contributed by atoms with Crippen LogP contribution in [-0.4, -0.2) is 31.3 Å². The van der Waals surface area contributed by atoms with E-state index in [4.69, 9.17) is 0 Å². The zero-order chi connectivity index (χ0) is 20.3. The Hall–Kier alpha value is -2.71. The number of aromatic nitrogens is 4. The van der Waals surface area contributed by atoms with Crippen molar-refractivity contribution in [3.05, 3.63) is 46.5 Å². The lowest BCUT2D eigenvalue weighted by molar-refractivity contribution is -0.147. The van der Waals surface area contributed by atoms with Crippen LogP contribution in [0.2, 0.25) is 0 Å². The van der Waals surface area contributed by atoms with Gasteiger partial charge < -0.3 is 4.57 Å². The lowest BCUT2D eigenvalue weighted by atomic mass is 10.1. The van der Waals surface area contributed by atoms with Crippen LogP contribution in [0.4, 0.5) is 13.2 Å². The summed E-state index contributed by atoms with van der Waals surface area (Å²) >= 11 is 1.99. The van der Waals surface area contributed by atoms with Gasteiger partial charge in [0.25, 0.3) is 0 Å². The number of hydrogen-bond acceptors (Lipinski definition) is 7. The second kappa shape index (κ2) is 8.12. The quantitative estimate of drug-likeness (QED) is 0.559. The lowest BCUT2D eigenvalue weighted by Gasteiger charge is -2.07. The Morgan fingerprint density at radius 3 is 2.64 bits per heavy atom. The van der Waals surface area contributed by atoms with E-state index >= 15 is 0 Å². The molecule has 2 heterocycles. The molecule has 0 aliphatic heterocycles. The van der Waals surface area contributed by atoms with E-state index in [0.29, 0.717) is 10.7 Å². The first-order valence-electron chi connectivity index (χ1n) is 7.84. The third kappa shape index (κ3) is 4.23. The summed E-state index contributed by atoms with van der Waals surface area (Å²) in [5.41, 5.74) is 1.52. The Balaban J connectivity index is 1.71. The van der Waals surface area contributed by atoms with E-state index in [1.165, 1.54) is 18.4 Å². The summed E-state index contributed by atoms with van der Waals surface area (Å²) in [5, 5.41) is 18.0. The summed E-state index contributed by atoms with van der Waals surface area (Å²) in [4.78, 5) is 16.8. The second-order valence-electron chi connectivity index (χ2n) is 5.62. The van der Waals surface area contributed by atoms with Gasteiger partial charge in [0.1, 0.15) is 5.01 Å². The maximum absolute atomic E-state index is 12.8. The molecule has 144 valence electrons. The number of Topliss-reactive ketones (excluding diaryl/α,β-unsaturated/α-hetero) is 1. The molecule has 0 bridgehead atoms. The fourth-order valence-electron chi connectivity index (χ4n) is 2.33. The highest BCUT2D eigenvalue weighted by Crippen LogP contribution is 2.31. The third-order valence-corrected chi connectivity index (χ3v) is 5.67. The maximum Gasteiger partial charge on any atom is 0.451 e. The smallest absolute Gasteiger partial charge is 0.302 e. The van der Waals surface area contributed by atoms with Gasteiger partial charge in [-0.1, -0.05) is 42.1 Å². The average Bonchev–Trinajstić information content (AvgIpc) is 3.28. The van der Waals surface area contributed by atoms with Crippen molar-refractivity contribution in [3.63, 3.8) is 0 Å². The van der Waals surface area contributed by atoms with E-state index < -0.39 is 23.7 Å². The molecular weight excluding hydrogens is 411 g/mol. The fourth-order valence-corrected chi connectivity index (χ4v) is 4.04. The molecule has 3 aromatic rings. The highest BCUT2D eigenvalue weighted by atomic mass is 32.2. The van der Waals surface area contributed by atoms with Gasteiger partial charge in [-0.05, 0) is 0 Å². The van der Waals surface area contributed by atoms with Crippen LogP contribution in [0.15, 0.2) is 40.9 Å². The highest BCUT2D eigenvalue weighted by molar-refractivity contribution is 7.99. The summed E-state index contributed by atoms with van der Waals surface area (Å²) in [6, 6.07) is 11.2. The molecule has 0 aliphatic carbocycles. The zero-order valence-corrected chi connectivity index (χ0v) is 16.0. The maximum atomic E-state index is 12.8. The molecule has 1 atom stereocenters. The molecular formula is C17H12F3N5OS2. The zero-order valence-electron chi connectivity index (χ0n) is 14.3. The molecule has 0 unspecified atom stereocenters. The van der Waals surface area contributed by atoms with Gasteiger partial charge in [0, 0.05) is 18.0 Å². The molecule has 28 heavy (non-hydrogen) atoms. The molecule has 0 fully saturated rings. The molecule has 0 saturated heterocycles. The number of ketones is 1. The Labute approximate surface area is 166 Å². The number of hydrogen-bond donors (Lipinski definition) is 0. The van der Waals surface area contributed by atoms with E-state index in [1.807, 2.05) is 36.4 Å². The van der Waals surface area contributed by atoms with Crippen molar-refractivity contribution >= 4 is 28.9 Å². The summed E-state index contributed by atoms with van der Waals surface area (Å²) in [7, 11) is 1.17. The SMILES string of the molecule is Cn1c(SCC(=O)[C@H](C#N)c2nc(-c3ccccc3)cs2)nnc1C(F)(F)F. The van der Waals surface area contributed by atoms with E-state index in [9.17, 15) is 23.2 Å². The normalized spacial score (nSPS) is 12.5. The number of alkyl halides is 3. The monoisotopic (exact) mass is 423 g/mol. The van der Waals surface area contributed by atoms with Gasteiger partial charge in [0.05, 0.1) is 17.5 Å². The molecule has 11 heteroatoms. The number of carbonyl (C=O) groups is 1. The van der Waals surface area contributed by atoms with E-state index in [0.717, 1.165) is 21.9 Å². The van der Waals surface area contributed by atoms with Crippen molar-refractivity contribution in [2.24, 2.45) is 7.05 Å². The van der Waals surface area contributed by atoms with Crippen molar-refractivity contribution in [2.75, 3.05) is 5.75 Å². The van der Waals surface area contributed by atoms with Crippen LogP contribution in [0.1, 0.15) is 16.7 Å². The van der Waals surface area contributed by atoms with Crippen LogP contribution >= 0.6 is 23.1 Å². The van der Waals surface area contributed by atoms with E-state index in [2.05, 4.69) is 15.2 Å². The standard InChI is InChI=1S/C17H12F3N5OS2/c1-25-15(17(18,19)20)23-24-16(25)28-9-13(26)11(7-21)14-22-12(8-27-14)10-5-3-2-4-6-10/h2-6,8,11H,9H2,1H3/t11-/m0/s1. The Morgan fingerprint density at radius 2 is 2.04 bits per heavy atom. The van der Waals surface area contributed by atoms with Gasteiger partial charge in [-0.3, -0.25) is 4.79 Å². The number of halogens is 3. The summed E-state index contributed by atoms with van der Waals surface area (Å²) in [6.07, 6.45) is -4.63. The van der Waals surface area contributed by atoms with Crippen LogP contribution in [0.3, 0.4) is 0 Å². The van der Waals surface area contributed by atoms with Gasteiger partial charge in [-0.15, -0.1) is 21.5 Å². The van der Waals surface area contributed by atoms with E-state index in [-0.39, 0.29) is 10.9 Å². The molecule has 0 amide bonds. The minimum atomic E-state index is -4.63. The summed E-state index contributed by atoms with van der Waals surface area (Å²) < 4.78 is 39.0. The highest BCUT2D eigenvalue weighted by Gasteiger charge is 2.37. The number of carbonyl (C=O) groups excluding carboxylic acids is 1. The molecule has 6 nitrogen and oxygen atoms in total. The van der Waals surface area contributed by atoms with Crippen LogP contribution in [0, 0.1) is 11.3 Å². The number of nitriles is 1. The number of benzene rings is 1. The van der Waals surface area contributed by atoms with Gasteiger partial charge in [0.2, 0.25) is 5.82 Å². The van der Waals surface area contributed by atoms with Crippen molar-refractivity contribution in [3.8, 4) is 17.3 Å². The van der Waals surface area contributed by atoms with Gasteiger partial charge in [0.15, 0.2) is 16.9 Å². The first-order valence-corrected chi connectivity index (χ1v) is 9.70. The van der Waals surface area contributed by atoms with E-state index in [1.54, 1.807) is 5.38 Å². The largest absolute Gasteiger partial charge is 0.451 e. The Bertz CT molecular complexity index is 1020. The molecule has 3 rings (SSSR count). The van der Waals surface area contributed by atoms with Crippen molar-refractivity contribution in [1.29, 1.82) is 5.26 Å². The summed E-state index contributed by atoms with van der Waals surface area (Å²) in [6.45, 7) is 0. The molecule has 0 saturated carbocycles. The van der Waals surface area contributed by atoms with Crippen molar-refractivity contribution in [1.82, 2.24) is 19.7 Å². The Kier molecular flexibility index (Phi) is 5.81. The second-order valence-corrected chi connectivity index (χ2v) is 7.45. The first kappa shape index (κ1) is 20.0. The lowest BCUT2D eigenvalue weighted by Crippen LogP contribution is -2.15. The van der Waals surface area contributed by atoms with Crippen molar-refractivity contribution in [2.45, 2.75) is 17.3 Å². The predicted octanol–water partition coefficient (Wildman–Crippen LogP) is 3.93. The molecule has 0 N–H and O–H groups in total. The molecule has 1 aromatic carbocycles. The average molecular weight is 423 g/mol. The molecule has 0 radical (unpaired) electrons. The van der Waals surface area contributed by atoms with Gasteiger partial charge in [-0.25, -0.2) is 4.98 Å². The number of thioether (sulfide) groups is 1. The number of thiazole rings is 1. The van der Waals surface area contributed by atoms with Gasteiger partial charge in [-0.2, -0.15) is 18.4 Å².